The minimum Gasteiger partial charge on any atom is -0.486 e. The Hall–Kier alpha value is -1.75. The van der Waals surface area contributed by atoms with Gasteiger partial charge in [-0.25, -0.2) is 9.37 Å². The number of rotatable bonds is 4. The predicted octanol–water partition coefficient (Wildman–Crippen LogP) is 3.68. The van der Waals surface area contributed by atoms with Crippen LogP contribution >= 0.6 is 15.9 Å². The first-order valence-corrected chi connectivity index (χ1v) is 6.39. The van der Waals surface area contributed by atoms with Gasteiger partial charge in [0.2, 0.25) is 0 Å². The first-order valence-electron chi connectivity index (χ1n) is 5.60. The van der Waals surface area contributed by atoms with Crippen LogP contribution in [-0.4, -0.2) is 11.3 Å². The molecule has 0 spiro atoms. The molecule has 2 aromatic rings. The molecule has 0 saturated carbocycles. The number of ether oxygens (including phenoxy) is 1. The van der Waals surface area contributed by atoms with Gasteiger partial charge in [0, 0.05) is 11.3 Å². The Morgan fingerprint density at radius 1 is 1.37 bits per heavy atom. The fraction of sp³-hybridized carbons (Fsp3) is 0.143. The van der Waals surface area contributed by atoms with E-state index in [1.807, 2.05) is 0 Å². The van der Waals surface area contributed by atoms with Gasteiger partial charge in [-0.15, -0.1) is 0 Å². The van der Waals surface area contributed by atoms with Crippen LogP contribution in [0.3, 0.4) is 0 Å². The second-order valence-corrected chi connectivity index (χ2v) is 4.75. The molecule has 0 bridgehead atoms. The van der Waals surface area contributed by atoms with E-state index >= 15 is 0 Å². The fourth-order valence-corrected chi connectivity index (χ4v) is 1.96. The van der Waals surface area contributed by atoms with E-state index in [1.165, 1.54) is 6.07 Å². The van der Waals surface area contributed by atoms with E-state index < -0.39 is 0 Å². The number of benzene rings is 1. The van der Waals surface area contributed by atoms with Crippen molar-refractivity contribution >= 4 is 22.2 Å². The van der Waals surface area contributed by atoms with Crippen molar-refractivity contribution in [3.8, 4) is 5.75 Å². The molecular formula is C14H11BrFNO2. The molecule has 0 saturated heterocycles. The van der Waals surface area contributed by atoms with E-state index in [-0.39, 0.29) is 18.1 Å². The molecule has 0 aliphatic carbocycles. The van der Waals surface area contributed by atoms with Crippen molar-refractivity contribution < 1.29 is 13.9 Å². The van der Waals surface area contributed by atoms with Gasteiger partial charge in [0.25, 0.3) is 0 Å². The third-order valence-corrected chi connectivity index (χ3v) is 3.44. The minimum atomic E-state index is -0.348. The molecule has 0 unspecified atom stereocenters. The molecule has 1 heterocycles. The van der Waals surface area contributed by atoms with E-state index in [1.54, 1.807) is 31.2 Å². The van der Waals surface area contributed by atoms with E-state index in [0.29, 0.717) is 22.1 Å². The third kappa shape index (κ3) is 3.17. The monoisotopic (exact) mass is 323 g/mol. The minimum absolute atomic E-state index is 0.157. The lowest BCUT2D eigenvalue weighted by atomic mass is 10.2. The van der Waals surface area contributed by atoms with Gasteiger partial charge in [-0.3, -0.25) is 4.79 Å². The molecule has 3 nitrogen and oxygen atoms in total. The summed E-state index contributed by atoms with van der Waals surface area (Å²) in [5.74, 6) is 0.0375. The van der Waals surface area contributed by atoms with Crippen molar-refractivity contribution in [3.05, 3.63) is 57.6 Å². The highest BCUT2D eigenvalue weighted by Crippen LogP contribution is 2.23. The van der Waals surface area contributed by atoms with Gasteiger partial charge >= 0.3 is 0 Å². The summed E-state index contributed by atoms with van der Waals surface area (Å²) in [7, 11) is 0. The Kier molecular flexibility index (Phi) is 4.27. The normalized spacial score (nSPS) is 10.3. The van der Waals surface area contributed by atoms with E-state index in [2.05, 4.69) is 20.9 Å². The molecule has 19 heavy (non-hydrogen) atoms. The number of halogens is 2. The van der Waals surface area contributed by atoms with Gasteiger partial charge in [0.05, 0.1) is 4.47 Å². The number of aromatic nitrogens is 1. The highest BCUT2D eigenvalue weighted by atomic mass is 79.9. The largest absolute Gasteiger partial charge is 0.486 e. The topological polar surface area (TPSA) is 39.2 Å². The van der Waals surface area contributed by atoms with E-state index in [4.69, 9.17) is 4.74 Å². The summed E-state index contributed by atoms with van der Waals surface area (Å²) >= 11 is 3.16. The molecule has 1 aromatic carbocycles. The number of aldehydes is 1. The van der Waals surface area contributed by atoms with Crippen molar-refractivity contribution in [3.63, 3.8) is 0 Å². The maximum absolute atomic E-state index is 13.3. The van der Waals surface area contributed by atoms with E-state index in [0.717, 1.165) is 5.69 Å². The molecule has 1 aromatic heterocycles. The van der Waals surface area contributed by atoms with Gasteiger partial charge in [-0.05, 0) is 41.1 Å². The molecule has 0 aliphatic rings. The second kappa shape index (κ2) is 5.93. The SMILES string of the molecule is Cc1ccc(OCc2cccc(F)c2Br)c(C=O)n1. The maximum Gasteiger partial charge on any atom is 0.172 e. The van der Waals surface area contributed by atoms with Crippen LogP contribution in [-0.2, 0) is 6.61 Å². The lowest BCUT2D eigenvalue weighted by Crippen LogP contribution is -2.02. The highest BCUT2D eigenvalue weighted by molar-refractivity contribution is 9.10. The number of aryl methyl sites for hydroxylation is 1. The van der Waals surface area contributed by atoms with Crippen molar-refractivity contribution in [1.29, 1.82) is 0 Å². The summed E-state index contributed by atoms with van der Waals surface area (Å²) in [4.78, 5) is 15.0. The zero-order valence-electron chi connectivity index (χ0n) is 10.2. The van der Waals surface area contributed by atoms with Crippen molar-refractivity contribution in [2.75, 3.05) is 0 Å². The maximum atomic E-state index is 13.3. The van der Waals surface area contributed by atoms with Crippen molar-refractivity contribution in [2.45, 2.75) is 13.5 Å². The summed E-state index contributed by atoms with van der Waals surface area (Å²) in [6, 6.07) is 8.14. The van der Waals surface area contributed by atoms with Gasteiger partial charge in [-0.1, -0.05) is 12.1 Å². The Morgan fingerprint density at radius 3 is 2.89 bits per heavy atom. The smallest absolute Gasteiger partial charge is 0.172 e. The number of carbonyl (C=O) groups is 1. The Balaban J connectivity index is 2.19. The zero-order valence-corrected chi connectivity index (χ0v) is 11.8. The third-order valence-electron chi connectivity index (χ3n) is 2.55. The molecule has 0 amide bonds. The first-order chi connectivity index (χ1) is 9.11. The molecular weight excluding hydrogens is 313 g/mol. The van der Waals surface area contributed by atoms with E-state index in [9.17, 15) is 9.18 Å². The summed E-state index contributed by atoms with van der Waals surface area (Å²) in [6.45, 7) is 1.95. The fourth-order valence-electron chi connectivity index (χ4n) is 1.59. The molecule has 0 aliphatic heterocycles. The summed E-state index contributed by atoms with van der Waals surface area (Å²) < 4.78 is 19.2. The van der Waals surface area contributed by atoms with Crippen LogP contribution in [0, 0.1) is 12.7 Å². The highest BCUT2D eigenvalue weighted by Gasteiger charge is 2.08. The molecule has 0 fully saturated rings. The van der Waals surface area contributed by atoms with Gasteiger partial charge in [0.1, 0.15) is 23.9 Å². The second-order valence-electron chi connectivity index (χ2n) is 3.96. The van der Waals surface area contributed by atoms with Crippen LogP contribution in [0.2, 0.25) is 0 Å². The van der Waals surface area contributed by atoms with Gasteiger partial charge < -0.3 is 4.74 Å². The lowest BCUT2D eigenvalue weighted by Gasteiger charge is -2.10. The predicted molar refractivity (Wildman–Crippen MR) is 72.8 cm³/mol. The van der Waals surface area contributed by atoms with Gasteiger partial charge in [-0.2, -0.15) is 0 Å². The molecule has 0 atom stereocenters. The Bertz CT molecular complexity index is 616. The Labute approximate surface area is 118 Å². The number of nitrogens with zero attached hydrogens (tertiary/aromatic N) is 1. The quantitative estimate of drug-likeness (QED) is 0.806. The van der Waals surface area contributed by atoms with Crippen LogP contribution in [0.15, 0.2) is 34.8 Å². The molecule has 98 valence electrons. The van der Waals surface area contributed by atoms with Crippen LogP contribution in [0.1, 0.15) is 21.7 Å². The standard InChI is InChI=1S/C14H11BrFNO2/c1-9-5-6-13(12(7-18)17-9)19-8-10-3-2-4-11(16)14(10)15/h2-7H,8H2,1H3. The summed E-state index contributed by atoms with van der Waals surface area (Å²) in [5.41, 5.74) is 1.64. The summed E-state index contributed by atoms with van der Waals surface area (Å²) in [6.07, 6.45) is 0.642. The Morgan fingerprint density at radius 2 is 2.16 bits per heavy atom. The van der Waals surface area contributed by atoms with Crippen LogP contribution in [0.25, 0.3) is 0 Å². The number of hydrogen-bond donors (Lipinski definition) is 0. The molecule has 0 N–H and O–H groups in total. The average molecular weight is 324 g/mol. The van der Waals surface area contributed by atoms with Crippen LogP contribution in [0.5, 0.6) is 5.75 Å². The summed E-state index contributed by atoms with van der Waals surface area (Å²) in [5, 5.41) is 0. The zero-order chi connectivity index (χ0) is 13.8. The van der Waals surface area contributed by atoms with Gasteiger partial charge in [0.15, 0.2) is 6.29 Å². The molecule has 5 heteroatoms. The number of hydrogen-bond acceptors (Lipinski definition) is 3. The molecule has 2 rings (SSSR count). The van der Waals surface area contributed by atoms with Crippen LogP contribution in [0.4, 0.5) is 4.39 Å². The lowest BCUT2D eigenvalue weighted by molar-refractivity contribution is 0.111. The van der Waals surface area contributed by atoms with Crippen molar-refractivity contribution in [1.82, 2.24) is 4.98 Å². The van der Waals surface area contributed by atoms with Crippen LogP contribution < -0.4 is 4.74 Å². The number of carbonyl (C=O) groups excluding carboxylic acids is 1. The average Bonchev–Trinajstić information content (AvgIpc) is 2.41. The first kappa shape index (κ1) is 13.7. The van der Waals surface area contributed by atoms with Crippen molar-refractivity contribution in [2.24, 2.45) is 0 Å². The number of pyridine rings is 1. The molecule has 0 radical (unpaired) electrons.